The number of allylic oxidation sites excluding steroid dienone is 2. The zero-order valence-corrected chi connectivity index (χ0v) is 8.22. The molecule has 0 aliphatic carbocycles. The van der Waals surface area contributed by atoms with Crippen molar-refractivity contribution in [1.82, 2.24) is 0 Å². The highest BCUT2D eigenvalue weighted by Gasteiger charge is 1.93. The average Bonchev–Trinajstić information content (AvgIpc) is 1.97. The first-order chi connectivity index (χ1) is 5.66. The zero-order valence-electron chi connectivity index (χ0n) is 8.22. The van der Waals surface area contributed by atoms with Crippen molar-refractivity contribution >= 4 is 5.97 Å². The fourth-order valence-corrected chi connectivity index (χ4v) is 0.968. The number of ether oxygens (including phenoxy) is 1. The molecule has 0 fully saturated rings. The van der Waals surface area contributed by atoms with Crippen molar-refractivity contribution in [3.63, 3.8) is 0 Å². The fourth-order valence-electron chi connectivity index (χ4n) is 0.968. The predicted octanol–water partition coefficient (Wildman–Crippen LogP) is 3.03. The standard InChI is InChI=1S/C10H18O2/c1-4-5-6-7-8-9(2)12-10(3)11/h8H,4-7H2,1-3H3/b9-8-. The van der Waals surface area contributed by atoms with Crippen LogP contribution in [-0.2, 0) is 9.53 Å². The number of carbonyl (C=O) groups is 1. The van der Waals surface area contributed by atoms with Crippen LogP contribution in [0.15, 0.2) is 11.8 Å². The maximum Gasteiger partial charge on any atom is 0.307 e. The summed E-state index contributed by atoms with van der Waals surface area (Å²) in [6, 6.07) is 0. The summed E-state index contributed by atoms with van der Waals surface area (Å²) >= 11 is 0. The lowest BCUT2D eigenvalue weighted by atomic mass is 10.2. The monoisotopic (exact) mass is 170 g/mol. The maximum absolute atomic E-state index is 10.5. The third-order valence-electron chi connectivity index (χ3n) is 1.54. The van der Waals surface area contributed by atoms with Gasteiger partial charge in [-0.15, -0.1) is 0 Å². The Kier molecular flexibility index (Phi) is 6.44. The second-order valence-corrected chi connectivity index (χ2v) is 2.90. The highest BCUT2D eigenvalue weighted by Crippen LogP contribution is 2.04. The Balaban J connectivity index is 3.48. The van der Waals surface area contributed by atoms with Gasteiger partial charge in [0.05, 0.1) is 0 Å². The first-order valence-electron chi connectivity index (χ1n) is 4.52. The van der Waals surface area contributed by atoms with E-state index in [1.54, 1.807) is 0 Å². The van der Waals surface area contributed by atoms with Crippen LogP contribution in [0.5, 0.6) is 0 Å². The Labute approximate surface area is 74.6 Å². The molecule has 0 aromatic carbocycles. The molecule has 2 heteroatoms. The van der Waals surface area contributed by atoms with Gasteiger partial charge in [-0.3, -0.25) is 4.79 Å². The number of carbonyl (C=O) groups excluding carboxylic acids is 1. The topological polar surface area (TPSA) is 26.3 Å². The zero-order chi connectivity index (χ0) is 9.40. The van der Waals surface area contributed by atoms with Crippen LogP contribution in [0.3, 0.4) is 0 Å². The van der Waals surface area contributed by atoms with Crippen LogP contribution in [0.1, 0.15) is 46.5 Å². The Hall–Kier alpha value is -0.790. The minimum absolute atomic E-state index is 0.237. The van der Waals surface area contributed by atoms with E-state index in [0.29, 0.717) is 0 Å². The van der Waals surface area contributed by atoms with Crippen LogP contribution in [0.25, 0.3) is 0 Å². The number of rotatable bonds is 5. The van der Waals surface area contributed by atoms with Gasteiger partial charge in [0.15, 0.2) is 0 Å². The lowest BCUT2D eigenvalue weighted by Crippen LogP contribution is -1.95. The molecule has 0 aliphatic rings. The quantitative estimate of drug-likeness (QED) is 0.360. The predicted molar refractivity (Wildman–Crippen MR) is 49.7 cm³/mol. The summed E-state index contributed by atoms with van der Waals surface area (Å²) in [5, 5.41) is 0. The molecule has 0 spiro atoms. The van der Waals surface area contributed by atoms with Crippen LogP contribution < -0.4 is 0 Å². The third-order valence-corrected chi connectivity index (χ3v) is 1.54. The van der Waals surface area contributed by atoms with E-state index >= 15 is 0 Å². The Morgan fingerprint density at radius 2 is 2.00 bits per heavy atom. The van der Waals surface area contributed by atoms with E-state index in [4.69, 9.17) is 4.74 Å². The molecule has 0 bridgehead atoms. The van der Waals surface area contributed by atoms with E-state index in [0.717, 1.165) is 12.2 Å². The Bertz CT molecular complexity index is 159. The van der Waals surface area contributed by atoms with Crippen LogP contribution in [0.2, 0.25) is 0 Å². The molecule has 0 aromatic rings. The van der Waals surface area contributed by atoms with Gasteiger partial charge in [0.1, 0.15) is 5.76 Å². The van der Waals surface area contributed by atoms with E-state index in [9.17, 15) is 4.79 Å². The SMILES string of the molecule is CCCCC/C=C(/C)OC(C)=O. The minimum Gasteiger partial charge on any atom is -0.432 e. The molecule has 0 rings (SSSR count). The molecular formula is C10H18O2. The minimum atomic E-state index is -0.237. The summed E-state index contributed by atoms with van der Waals surface area (Å²) in [5.74, 6) is 0.484. The summed E-state index contributed by atoms with van der Waals surface area (Å²) < 4.78 is 4.85. The summed E-state index contributed by atoms with van der Waals surface area (Å²) in [5.41, 5.74) is 0. The molecule has 0 aliphatic heterocycles. The average molecular weight is 170 g/mol. The summed E-state index contributed by atoms with van der Waals surface area (Å²) in [6.07, 6.45) is 6.61. The summed E-state index contributed by atoms with van der Waals surface area (Å²) in [6.45, 7) is 5.40. The van der Waals surface area contributed by atoms with Gasteiger partial charge >= 0.3 is 5.97 Å². The van der Waals surface area contributed by atoms with Gasteiger partial charge in [-0.2, -0.15) is 0 Å². The van der Waals surface area contributed by atoms with Gasteiger partial charge < -0.3 is 4.74 Å². The molecular weight excluding hydrogens is 152 g/mol. The highest BCUT2D eigenvalue weighted by atomic mass is 16.5. The van der Waals surface area contributed by atoms with Gasteiger partial charge in [0, 0.05) is 6.92 Å². The molecule has 0 saturated heterocycles. The second-order valence-electron chi connectivity index (χ2n) is 2.90. The molecule has 0 atom stereocenters. The van der Waals surface area contributed by atoms with Crippen LogP contribution in [-0.4, -0.2) is 5.97 Å². The number of esters is 1. The second kappa shape index (κ2) is 6.89. The van der Waals surface area contributed by atoms with Crippen molar-refractivity contribution in [1.29, 1.82) is 0 Å². The van der Waals surface area contributed by atoms with Gasteiger partial charge in [-0.25, -0.2) is 0 Å². The van der Waals surface area contributed by atoms with Crippen molar-refractivity contribution in [3.8, 4) is 0 Å². The number of hydrogen-bond acceptors (Lipinski definition) is 2. The molecule has 0 unspecified atom stereocenters. The van der Waals surface area contributed by atoms with Crippen molar-refractivity contribution < 1.29 is 9.53 Å². The molecule has 0 heterocycles. The van der Waals surface area contributed by atoms with Crippen molar-refractivity contribution in [2.75, 3.05) is 0 Å². The fraction of sp³-hybridized carbons (Fsp3) is 0.700. The van der Waals surface area contributed by atoms with E-state index in [2.05, 4.69) is 6.92 Å². The molecule has 0 saturated carbocycles. The van der Waals surface area contributed by atoms with Crippen LogP contribution in [0, 0.1) is 0 Å². The molecule has 0 amide bonds. The van der Waals surface area contributed by atoms with Crippen LogP contribution in [0.4, 0.5) is 0 Å². The molecule has 12 heavy (non-hydrogen) atoms. The molecule has 0 aromatic heterocycles. The van der Waals surface area contributed by atoms with Crippen molar-refractivity contribution in [2.24, 2.45) is 0 Å². The van der Waals surface area contributed by atoms with Crippen LogP contribution >= 0.6 is 0 Å². The molecule has 0 N–H and O–H groups in total. The van der Waals surface area contributed by atoms with Crippen molar-refractivity contribution in [2.45, 2.75) is 46.5 Å². The maximum atomic E-state index is 10.5. The highest BCUT2D eigenvalue weighted by molar-refractivity contribution is 5.67. The normalized spacial score (nSPS) is 11.4. The first-order valence-corrected chi connectivity index (χ1v) is 4.52. The summed E-state index contributed by atoms with van der Waals surface area (Å²) in [7, 11) is 0. The molecule has 70 valence electrons. The largest absolute Gasteiger partial charge is 0.432 e. The Morgan fingerprint density at radius 3 is 2.50 bits per heavy atom. The van der Waals surface area contributed by atoms with E-state index in [-0.39, 0.29) is 5.97 Å². The smallest absolute Gasteiger partial charge is 0.307 e. The van der Waals surface area contributed by atoms with E-state index in [1.165, 1.54) is 26.2 Å². The summed E-state index contributed by atoms with van der Waals surface area (Å²) in [4.78, 5) is 10.5. The number of unbranched alkanes of at least 4 members (excludes halogenated alkanes) is 3. The first kappa shape index (κ1) is 11.2. The van der Waals surface area contributed by atoms with E-state index in [1.807, 2.05) is 13.0 Å². The van der Waals surface area contributed by atoms with Gasteiger partial charge in [0.2, 0.25) is 0 Å². The number of hydrogen-bond donors (Lipinski definition) is 0. The van der Waals surface area contributed by atoms with Gasteiger partial charge in [-0.05, 0) is 25.8 Å². The lowest BCUT2D eigenvalue weighted by molar-refractivity contribution is -0.136. The molecule has 2 nitrogen and oxygen atoms in total. The van der Waals surface area contributed by atoms with Gasteiger partial charge in [0.25, 0.3) is 0 Å². The Morgan fingerprint density at radius 1 is 1.33 bits per heavy atom. The van der Waals surface area contributed by atoms with Gasteiger partial charge in [-0.1, -0.05) is 19.8 Å². The molecule has 0 radical (unpaired) electrons. The third kappa shape index (κ3) is 7.32. The van der Waals surface area contributed by atoms with Crippen molar-refractivity contribution in [3.05, 3.63) is 11.8 Å². The van der Waals surface area contributed by atoms with E-state index < -0.39 is 0 Å². The lowest BCUT2D eigenvalue weighted by Gasteiger charge is -1.99.